The quantitative estimate of drug-likeness (QED) is 0.542. The number of nitrogens with one attached hydrogen (secondary N) is 1. The number of methoxy groups -OCH3 is 1. The summed E-state index contributed by atoms with van der Waals surface area (Å²) in [6.07, 6.45) is 0. The van der Waals surface area contributed by atoms with Gasteiger partial charge in [0.2, 0.25) is 0 Å². The predicted octanol–water partition coefficient (Wildman–Crippen LogP) is 5.99. The number of anilines is 1. The van der Waals surface area contributed by atoms with E-state index in [0.717, 1.165) is 22.4 Å². The van der Waals surface area contributed by atoms with Crippen molar-refractivity contribution in [1.29, 1.82) is 0 Å². The van der Waals surface area contributed by atoms with Crippen LogP contribution in [0.4, 0.5) is 10.1 Å². The lowest BCUT2D eigenvalue weighted by Crippen LogP contribution is -2.03. The molecule has 0 heterocycles. The standard InChI is InChI=1S/C22H21ClFNO2/c1-15-3-7-18(23)12-20(15)25-13-17-6-10-21(22(11-17)26-2)27-14-16-4-8-19(24)9-5-16/h3-12,25H,13-14H2,1-2H3. The summed E-state index contributed by atoms with van der Waals surface area (Å²) in [4.78, 5) is 0. The highest BCUT2D eigenvalue weighted by Gasteiger charge is 2.07. The van der Waals surface area contributed by atoms with E-state index in [-0.39, 0.29) is 5.82 Å². The fourth-order valence-corrected chi connectivity index (χ4v) is 2.84. The van der Waals surface area contributed by atoms with E-state index < -0.39 is 0 Å². The summed E-state index contributed by atoms with van der Waals surface area (Å²) in [6.45, 7) is 3.01. The largest absolute Gasteiger partial charge is 0.493 e. The van der Waals surface area contributed by atoms with Crippen LogP contribution in [0.5, 0.6) is 11.5 Å². The number of aryl methyl sites for hydroxylation is 1. The van der Waals surface area contributed by atoms with Gasteiger partial charge in [-0.3, -0.25) is 0 Å². The first kappa shape index (κ1) is 19.1. The Morgan fingerprint density at radius 2 is 1.67 bits per heavy atom. The zero-order valence-electron chi connectivity index (χ0n) is 15.3. The van der Waals surface area contributed by atoms with Crippen LogP contribution in [0.1, 0.15) is 16.7 Å². The summed E-state index contributed by atoms with van der Waals surface area (Å²) in [7, 11) is 1.61. The summed E-state index contributed by atoms with van der Waals surface area (Å²) in [5.74, 6) is 1.03. The summed E-state index contributed by atoms with van der Waals surface area (Å²) in [5, 5.41) is 4.09. The molecule has 0 aromatic heterocycles. The number of rotatable bonds is 7. The molecule has 0 saturated carbocycles. The Kier molecular flexibility index (Phi) is 6.20. The number of benzene rings is 3. The van der Waals surface area contributed by atoms with E-state index in [1.54, 1.807) is 19.2 Å². The van der Waals surface area contributed by atoms with E-state index in [1.807, 2.05) is 43.3 Å². The van der Waals surface area contributed by atoms with Crippen LogP contribution in [0.2, 0.25) is 5.02 Å². The second kappa shape index (κ2) is 8.78. The number of hydrogen-bond donors (Lipinski definition) is 1. The minimum atomic E-state index is -0.261. The Labute approximate surface area is 163 Å². The fraction of sp³-hybridized carbons (Fsp3) is 0.182. The molecule has 1 N–H and O–H groups in total. The molecule has 0 amide bonds. The van der Waals surface area contributed by atoms with Gasteiger partial charge in [-0.05, 0) is 60.0 Å². The summed E-state index contributed by atoms with van der Waals surface area (Å²) in [6, 6.07) is 17.8. The topological polar surface area (TPSA) is 30.5 Å². The third kappa shape index (κ3) is 5.14. The number of ether oxygens (including phenoxy) is 2. The van der Waals surface area contributed by atoms with Gasteiger partial charge in [-0.25, -0.2) is 4.39 Å². The van der Waals surface area contributed by atoms with E-state index in [4.69, 9.17) is 21.1 Å². The molecule has 0 spiro atoms. The molecule has 0 bridgehead atoms. The Hall–Kier alpha value is -2.72. The minimum absolute atomic E-state index is 0.261. The summed E-state index contributed by atoms with van der Waals surface area (Å²) < 4.78 is 24.3. The van der Waals surface area contributed by atoms with Crippen LogP contribution in [-0.2, 0) is 13.2 Å². The Bertz CT molecular complexity index is 913. The van der Waals surface area contributed by atoms with Gasteiger partial charge in [-0.2, -0.15) is 0 Å². The van der Waals surface area contributed by atoms with Gasteiger partial charge < -0.3 is 14.8 Å². The van der Waals surface area contributed by atoms with Gasteiger partial charge in [0.15, 0.2) is 11.5 Å². The molecule has 0 aliphatic heterocycles. The van der Waals surface area contributed by atoms with Gasteiger partial charge in [0.1, 0.15) is 12.4 Å². The zero-order chi connectivity index (χ0) is 19.2. The molecule has 3 aromatic rings. The lowest BCUT2D eigenvalue weighted by Gasteiger charge is -2.14. The predicted molar refractivity (Wildman–Crippen MR) is 107 cm³/mol. The lowest BCUT2D eigenvalue weighted by atomic mass is 10.1. The van der Waals surface area contributed by atoms with Crippen molar-refractivity contribution in [3.8, 4) is 11.5 Å². The van der Waals surface area contributed by atoms with E-state index >= 15 is 0 Å². The van der Waals surface area contributed by atoms with Crippen LogP contribution in [-0.4, -0.2) is 7.11 Å². The van der Waals surface area contributed by atoms with Crippen LogP contribution in [0.15, 0.2) is 60.7 Å². The molecule has 3 rings (SSSR count). The van der Waals surface area contributed by atoms with Crippen molar-refractivity contribution in [2.45, 2.75) is 20.1 Å². The van der Waals surface area contributed by atoms with E-state index in [2.05, 4.69) is 5.32 Å². The average molecular weight is 386 g/mol. The highest BCUT2D eigenvalue weighted by atomic mass is 35.5. The Morgan fingerprint density at radius 3 is 2.41 bits per heavy atom. The highest BCUT2D eigenvalue weighted by Crippen LogP contribution is 2.29. The number of hydrogen-bond acceptors (Lipinski definition) is 3. The van der Waals surface area contributed by atoms with Gasteiger partial charge in [-0.1, -0.05) is 35.9 Å². The molecule has 0 radical (unpaired) electrons. The summed E-state index contributed by atoms with van der Waals surface area (Å²) in [5.41, 5.74) is 4.07. The second-order valence-corrected chi connectivity index (χ2v) is 6.65. The maximum Gasteiger partial charge on any atom is 0.161 e. The first-order valence-electron chi connectivity index (χ1n) is 8.59. The molecule has 0 unspecified atom stereocenters. The minimum Gasteiger partial charge on any atom is -0.493 e. The van der Waals surface area contributed by atoms with Crippen LogP contribution < -0.4 is 14.8 Å². The van der Waals surface area contributed by atoms with Gasteiger partial charge in [0.25, 0.3) is 0 Å². The smallest absolute Gasteiger partial charge is 0.161 e. The van der Waals surface area contributed by atoms with Crippen molar-refractivity contribution < 1.29 is 13.9 Å². The molecule has 5 heteroatoms. The zero-order valence-corrected chi connectivity index (χ0v) is 16.0. The normalized spacial score (nSPS) is 10.5. The fourth-order valence-electron chi connectivity index (χ4n) is 2.66. The van der Waals surface area contributed by atoms with E-state index in [9.17, 15) is 4.39 Å². The van der Waals surface area contributed by atoms with Crippen LogP contribution in [0.3, 0.4) is 0 Å². The van der Waals surface area contributed by atoms with Crippen LogP contribution in [0.25, 0.3) is 0 Å². The molecule has 0 atom stereocenters. The first-order valence-corrected chi connectivity index (χ1v) is 8.97. The van der Waals surface area contributed by atoms with Crippen LogP contribution >= 0.6 is 11.6 Å². The van der Waals surface area contributed by atoms with Crippen molar-refractivity contribution in [2.24, 2.45) is 0 Å². The molecule has 3 aromatic carbocycles. The highest BCUT2D eigenvalue weighted by molar-refractivity contribution is 6.30. The van der Waals surface area contributed by atoms with Crippen molar-refractivity contribution in [3.05, 3.63) is 88.2 Å². The molecule has 140 valence electrons. The third-order valence-electron chi connectivity index (χ3n) is 4.22. The average Bonchev–Trinajstić information content (AvgIpc) is 2.68. The molecule has 3 nitrogen and oxygen atoms in total. The molecule has 0 aliphatic rings. The van der Waals surface area contributed by atoms with E-state index in [1.165, 1.54) is 12.1 Å². The maximum absolute atomic E-state index is 13.0. The first-order chi connectivity index (χ1) is 13.0. The molecule has 0 aliphatic carbocycles. The van der Waals surface area contributed by atoms with Crippen molar-refractivity contribution >= 4 is 17.3 Å². The molecule has 0 saturated heterocycles. The van der Waals surface area contributed by atoms with E-state index in [0.29, 0.717) is 29.7 Å². The second-order valence-electron chi connectivity index (χ2n) is 6.21. The Morgan fingerprint density at radius 1 is 0.926 bits per heavy atom. The van der Waals surface area contributed by atoms with Gasteiger partial charge >= 0.3 is 0 Å². The lowest BCUT2D eigenvalue weighted by molar-refractivity contribution is 0.284. The monoisotopic (exact) mass is 385 g/mol. The maximum atomic E-state index is 13.0. The number of halogens is 2. The van der Waals surface area contributed by atoms with Gasteiger partial charge in [-0.15, -0.1) is 0 Å². The molecular weight excluding hydrogens is 365 g/mol. The van der Waals surface area contributed by atoms with Crippen molar-refractivity contribution in [2.75, 3.05) is 12.4 Å². The van der Waals surface area contributed by atoms with Crippen molar-refractivity contribution in [3.63, 3.8) is 0 Å². The Balaban J connectivity index is 1.66. The van der Waals surface area contributed by atoms with Crippen molar-refractivity contribution in [1.82, 2.24) is 0 Å². The third-order valence-corrected chi connectivity index (χ3v) is 4.45. The van der Waals surface area contributed by atoms with Gasteiger partial charge in [0, 0.05) is 17.3 Å². The molecule has 0 fully saturated rings. The van der Waals surface area contributed by atoms with Gasteiger partial charge in [0.05, 0.1) is 7.11 Å². The molecule has 27 heavy (non-hydrogen) atoms. The molecular formula is C22H21ClFNO2. The SMILES string of the molecule is COc1cc(CNc2cc(Cl)ccc2C)ccc1OCc1ccc(F)cc1. The summed E-state index contributed by atoms with van der Waals surface area (Å²) >= 11 is 6.06. The van der Waals surface area contributed by atoms with Crippen LogP contribution in [0, 0.1) is 12.7 Å².